The van der Waals surface area contributed by atoms with Crippen molar-refractivity contribution in [3.05, 3.63) is 65.2 Å². The number of hydrogen-bond acceptors (Lipinski definition) is 2. The molecule has 2 aromatic carbocycles. The van der Waals surface area contributed by atoms with E-state index in [0.29, 0.717) is 13.1 Å². The minimum atomic E-state index is -0.0747. The summed E-state index contributed by atoms with van der Waals surface area (Å²) >= 11 is 0. The van der Waals surface area contributed by atoms with E-state index in [-0.39, 0.29) is 12.1 Å². The van der Waals surface area contributed by atoms with E-state index in [2.05, 4.69) is 55.6 Å². The van der Waals surface area contributed by atoms with E-state index < -0.39 is 0 Å². The fourth-order valence-electron chi connectivity index (χ4n) is 3.38. The summed E-state index contributed by atoms with van der Waals surface area (Å²) in [6.07, 6.45) is 4.24. The molecule has 1 heterocycles. The van der Waals surface area contributed by atoms with Gasteiger partial charge in [-0.1, -0.05) is 50.2 Å². The van der Waals surface area contributed by atoms with Gasteiger partial charge < -0.3 is 15.0 Å². The van der Waals surface area contributed by atoms with E-state index >= 15 is 0 Å². The van der Waals surface area contributed by atoms with Crippen LogP contribution in [0.4, 0.5) is 10.5 Å². The van der Waals surface area contributed by atoms with E-state index in [1.165, 1.54) is 11.1 Å². The lowest BCUT2D eigenvalue weighted by atomic mass is 10.1. The molecule has 0 saturated carbocycles. The molecule has 1 fully saturated rings. The van der Waals surface area contributed by atoms with Gasteiger partial charge in [-0.2, -0.15) is 0 Å². The van der Waals surface area contributed by atoms with Crippen molar-refractivity contribution in [2.45, 2.75) is 52.2 Å². The van der Waals surface area contributed by atoms with Gasteiger partial charge in [0.2, 0.25) is 0 Å². The Bertz CT molecular complexity index is 719. The van der Waals surface area contributed by atoms with Gasteiger partial charge in [0.1, 0.15) is 0 Å². The van der Waals surface area contributed by atoms with Crippen LogP contribution < -0.4 is 5.32 Å². The van der Waals surface area contributed by atoms with Crippen molar-refractivity contribution in [1.82, 2.24) is 4.90 Å². The molecule has 4 nitrogen and oxygen atoms in total. The number of benzene rings is 2. The third-order valence-corrected chi connectivity index (χ3v) is 5.15. The Morgan fingerprint density at radius 2 is 1.59 bits per heavy atom. The van der Waals surface area contributed by atoms with Crippen LogP contribution in [-0.2, 0) is 24.1 Å². The Labute approximate surface area is 162 Å². The van der Waals surface area contributed by atoms with Crippen molar-refractivity contribution in [3.63, 3.8) is 0 Å². The number of carbonyl (C=O) groups is 1. The summed E-state index contributed by atoms with van der Waals surface area (Å²) in [6, 6.07) is 16.5. The molecule has 1 aliphatic heterocycles. The van der Waals surface area contributed by atoms with E-state index in [0.717, 1.165) is 43.5 Å². The number of nitrogens with zero attached hydrogens (tertiary/aromatic N) is 1. The van der Waals surface area contributed by atoms with Crippen molar-refractivity contribution in [2.75, 3.05) is 18.5 Å². The molecule has 1 unspecified atom stereocenters. The number of amides is 2. The highest BCUT2D eigenvalue weighted by Crippen LogP contribution is 2.17. The zero-order valence-electron chi connectivity index (χ0n) is 16.4. The molecule has 2 aromatic rings. The Kier molecular flexibility index (Phi) is 6.88. The Morgan fingerprint density at radius 1 is 1.00 bits per heavy atom. The SMILES string of the molecule is CCc1ccc(CN(CC2CCCO2)C(=O)Nc2ccc(CC)cc2)cc1. The van der Waals surface area contributed by atoms with Gasteiger partial charge in [0.15, 0.2) is 0 Å². The second-order valence-corrected chi connectivity index (χ2v) is 7.17. The van der Waals surface area contributed by atoms with E-state index in [1.54, 1.807) is 0 Å². The van der Waals surface area contributed by atoms with Gasteiger partial charge in [0, 0.05) is 25.4 Å². The van der Waals surface area contributed by atoms with Crippen LogP contribution in [0.3, 0.4) is 0 Å². The van der Waals surface area contributed by atoms with Gasteiger partial charge in [-0.3, -0.25) is 0 Å². The topological polar surface area (TPSA) is 41.6 Å². The van der Waals surface area contributed by atoms with Gasteiger partial charge in [0.05, 0.1) is 6.10 Å². The van der Waals surface area contributed by atoms with E-state index in [9.17, 15) is 4.79 Å². The Morgan fingerprint density at radius 3 is 2.15 bits per heavy atom. The number of rotatable bonds is 7. The minimum absolute atomic E-state index is 0.0747. The van der Waals surface area contributed by atoms with Crippen LogP contribution in [-0.4, -0.2) is 30.2 Å². The number of urea groups is 1. The Balaban J connectivity index is 1.69. The predicted molar refractivity (Wildman–Crippen MR) is 110 cm³/mol. The molecule has 1 saturated heterocycles. The van der Waals surface area contributed by atoms with E-state index in [4.69, 9.17) is 4.74 Å². The van der Waals surface area contributed by atoms with Crippen molar-refractivity contribution >= 4 is 11.7 Å². The van der Waals surface area contributed by atoms with Crippen LogP contribution in [0.5, 0.6) is 0 Å². The van der Waals surface area contributed by atoms with Gasteiger partial charge in [-0.05, 0) is 54.5 Å². The first-order valence-electron chi connectivity index (χ1n) is 10.0. The van der Waals surface area contributed by atoms with Crippen LogP contribution in [0.15, 0.2) is 48.5 Å². The average Bonchev–Trinajstić information content (AvgIpc) is 3.22. The van der Waals surface area contributed by atoms with E-state index in [1.807, 2.05) is 17.0 Å². The first kappa shape index (κ1) is 19.4. The standard InChI is InChI=1S/C23H30N2O2/c1-3-18-7-9-20(10-8-18)16-25(17-22-6-5-15-27-22)23(26)24-21-13-11-19(4-2)12-14-21/h7-14,22H,3-6,15-17H2,1-2H3,(H,24,26). The van der Waals surface area contributed by atoms with Gasteiger partial charge >= 0.3 is 6.03 Å². The van der Waals surface area contributed by atoms with Crippen molar-refractivity contribution in [2.24, 2.45) is 0 Å². The molecule has 0 bridgehead atoms. The molecule has 2 amide bonds. The normalized spacial score (nSPS) is 16.3. The largest absolute Gasteiger partial charge is 0.376 e. The second kappa shape index (κ2) is 9.56. The van der Waals surface area contributed by atoms with Crippen molar-refractivity contribution in [3.8, 4) is 0 Å². The fraction of sp³-hybridized carbons (Fsp3) is 0.435. The maximum Gasteiger partial charge on any atom is 0.322 e. The maximum atomic E-state index is 12.9. The van der Waals surface area contributed by atoms with Crippen LogP contribution in [0.1, 0.15) is 43.4 Å². The summed E-state index contributed by atoms with van der Waals surface area (Å²) < 4.78 is 5.77. The van der Waals surface area contributed by atoms with Gasteiger partial charge in [0.25, 0.3) is 0 Å². The summed E-state index contributed by atoms with van der Waals surface area (Å²) in [4.78, 5) is 14.8. The summed E-state index contributed by atoms with van der Waals surface area (Å²) in [7, 11) is 0. The first-order valence-corrected chi connectivity index (χ1v) is 10.0. The summed E-state index contributed by atoms with van der Waals surface area (Å²) in [6.45, 7) is 6.28. The maximum absolute atomic E-state index is 12.9. The molecule has 1 atom stereocenters. The van der Waals surface area contributed by atoms with Crippen molar-refractivity contribution < 1.29 is 9.53 Å². The number of ether oxygens (including phenoxy) is 1. The lowest BCUT2D eigenvalue weighted by Crippen LogP contribution is -2.39. The third kappa shape index (κ3) is 5.57. The average molecular weight is 367 g/mol. The van der Waals surface area contributed by atoms with Crippen LogP contribution in [0.2, 0.25) is 0 Å². The molecule has 144 valence electrons. The molecule has 0 aromatic heterocycles. The monoisotopic (exact) mass is 366 g/mol. The molecular formula is C23H30N2O2. The number of carbonyl (C=O) groups excluding carboxylic acids is 1. The highest BCUT2D eigenvalue weighted by atomic mass is 16.5. The molecule has 0 aliphatic carbocycles. The molecule has 27 heavy (non-hydrogen) atoms. The molecule has 4 heteroatoms. The molecule has 1 aliphatic rings. The second-order valence-electron chi connectivity index (χ2n) is 7.17. The predicted octanol–water partition coefficient (Wildman–Crippen LogP) is 5.02. The number of nitrogens with one attached hydrogen (secondary N) is 1. The van der Waals surface area contributed by atoms with Crippen LogP contribution in [0.25, 0.3) is 0 Å². The highest BCUT2D eigenvalue weighted by Gasteiger charge is 2.23. The third-order valence-electron chi connectivity index (χ3n) is 5.15. The number of aryl methyl sites for hydroxylation is 2. The summed E-state index contributed by atoms with van der Waals surface area (Å²) in [5.41, 5.74) is 4.54. The quantitative estimate of drug-likeness (QED) is 0.747. The zero-order chi connectivity index (χ0) is 19.1. The highest BCUT2D eigenvalue weighted by molar-refractivity contribution is 5.89. The minimum Gasteiger partial charge on any atom is -0.376 e. The molecule has 3 rings (SSSR count). The molecular weight excluding hydrogens is 336 g/mol. The molecule has 0 spiro atoms. The lowest BCUT2D eigenvalue weighted by molar-refractivity contribution is 0.0819. The number of hydrogen-bond donors (Lipinski definition) is 1. The van der Waals surface area contributed by atoms with Crippen LogP contribution in [0, 0.1) is 0 Å². The molecule has 0 radical (unpaired) electrons. The lowest BCUT2D eigenvalue weighted by Gasteiger charge is -2.26. The number of anilines is 1. The first-order chi connectivity index (χ1) is 13.2. The fourth-order valence-corrected chi connectivity index (χ4v) is 3.38. The summed E-state index contributed by atoms with van der Waals surface area (Å²) in [5.74, 6) is 0. The van der Waals surface area contributed by atoms with Gasteiger partial charge in [-0.15, -0.1) is 0 Å². The Hall–Kier alpha value is -2.33. The molecule has 1 N–H and O–H groups in total. The van der Waals surface area contributed by atoms with Crippen LogP contribution >= 0.6 is 0 Å². The smallest absolute Gasteiger partial charge is 0.322 e. The van der Waals surface area contributed by atoms with Crippen molar-refractivity contribution in [1.29, 1.82) is 0 Å². The summed E-state index contributed by atoms with van der Waals surface area (Å²) in [5, 5.41) is 3.04. The van der Waals surface area contributed by atoms with Gasteiger partial charge in [-0.25, -0.2) is 4.79 Å². The zero-order valence-corrected chi connectivity index (χ0v) is 16.4.